The first-order chi connectivity index (χ1) is 9.29. The van der Waals surface area contributed by atoms with Gasteiger partial charge in [-0.2, -0.15) is 0 Å². The molecule has 0 bridgehead atoms. The van der Waals surface area contributed by atoms with Crippen molar-refractivity contribution in [3.63, 3.8) is 0 Å². The number of nitrogens with one attached hydrogen (secondary N) is 1. The number of hydrogen-bond acceptors (Lipinski definition) is 3. The Balaban J connectivity index is 2.46. The van der Waals surface area contributed by atoms with E-state index in [4.69, 9.17) is 5.73 Å². The van der Waals surface area contributed by atoms with Gasteiger partial charge in [0.15, 0.2) is 0 Å². The molecule has 0 aromatic heterocycles. The van der Waals surface area contributed by atoms with Crippen LogP contribution in [0.15, 0.2) is 45.8 Å². The van der Waals surface area contributed by atoms with E-state index in [1.807, 2.05) is 4.72 Å². The second-order valence-corrected chi connectivity index (χ2v) is 6.42. The Kier molecular flexibility index (Phi) is 3.96. The van der Waals surface area contributed by atoms with Gasteiger partial charge in [-0.05, 0) is 46.3 Å². The van der Waals surface area contributed by atoms with Gasteiger partial charge in [-0.15, -0.1) is 0 Å². The number of halogens is 3. The maximum Gasteiger partial charge on any atom is 0.263 e. The first kappa shape index (κ1) is 14.7. The lowest BCUT2D eigenvalue weighted by Gasteiger charge is -2.11. The first-order valence-corrected chi connectivity index (χ1v) is 7.60. The van der Waals surface area contributed by atoms with E-state index in [1.165, 1.54) is 18.2 Å². The summed E-state index contributed by atoms with van der Waals surface area (Å²) in [6, 6.07) is 6.65. The van der Waals surface area contributed by atoms with Gasteiger partial charge in [0.05, 0.1) is 5.69 Å². The molecule has 0 heterocycles. The highest BCUT2D eigenvalue weighted by molar-refractivity contribution is 9.10. The first-order valence-electron chi connectivity index (χ1n) is 5.32. The standard InChI is InChI=1S/C12H9BrF2N2O2S/c13-9-3-2-8(16)6-12(9)20(18,19)17-11-5-7(14)1-4-10(11)15/h1-6,17H,16H2. The van der Waals surface area contributed by atoms with Crippen LogP contribution in [-0.4, -0.2) is 8.42 Å². The summed E-state index contributed by atoms with van der Waals surface area (Å²) in [6.07, 6.45) is 0. The van der Waals surface area contributed by atoms with E-state index in [9.17, 15) is 17.2 Å². The van der Waals surface area contributed by atoms with Crippen LogP contribution in [0.5, 0.6) is 0 Å². The fourth-order valence-corrected chi connectivity index (χ4v) is 3.56. The summed E-state index contributed by atoms with van der Waals surface area (Å²) in [5, 5.41) is 0. The third kappa shape index (κ3) is 3.07. The third-order valence-corrected chi connectivity index (χ3v) is 4.78. The van der Waals surface area contributed by atoms with Crippen molar-refractivity contribution in [1.29, 1.82) is 0 Å². The van der Waals surface area contributed by atoms with Crippen molar-refractivity contribution in [3.8, 4) is 0 Å². The van der Waals surface area contributed by atoms with Crippen LogP contribution in [0.2, 0.25) is 0 Å². The molecule has 8 heteroatoms. The second kappa shape index (κ2) is 5.37. The van der Waals surface area contributed by atoms with E-state index in [0.717, 1.165) is 18.2 Å². The Morgan fingerprint density at radius 3 is 2.50 bits per heavy atom. The van der Waals surface area contributed by atoms with Crippen LogP contribution in [0.4, 0.5) is 20.2 Å². The zero-order valence-corrected chi connectivity index (χ0v) is 12.3. The molecule has 106 valence electrons. The van der Waals surface area contributed by atoms with Crippen LogP contribution in [0.25, 0.3) is 0 Å². The number of anilines is 2. The minimum Gasteiger partial charge on any atom is -0.399 e. The zero-order valence-electron chi connectivity index (χ0n) is 9.90. The largest absolute Gasteiger partial charge is 0.399 e. The normalized spacial score (nSPS) is 11.3. The average Bonchev–Trinajstić information content (AvgIpc) is 2.36. The molecule has 2 aromatic rings. The Morgan fingerprint density at radius 2 is 1.80 bits per heavy atom. The van der Waals surface area contributed by atoms with Gasteiger partial charge in [-0.25, -0.2) is 17.2 Å². The number of benzene rings is 2. The van der Waals surface area contributed by atoms with Crippen molar-refractivity contribution in [2.24, 2.45) is 0 Å². The van der Waals surface area contributed by atoms with Crippen molar-refractivity contribution >= 4 is 37.3 Å². The molecule has 20 heavy (non-hydrogen) atoms. The molecule has 0 aliphatic carbocycles. The van der Waals surface area contributed by atoms with Gasteiger partial charge in [-0.1, -0.05) is 0 Å². The summed E-state index contributed by atoms with van der Waals surface area (Å²) >= 11 is 3.07. The van der Waals surface area contributed by atoms with Crippen LogP contribution < -0.4 is 10.5 Å². The van der Waals surface area contributed by atoms with E-state index in [0.29, 0.717) is 0 Å². The van der Waals surface area contributed by atoms with E-state index in [-0.39, 0.29) is 15.1 Å². The molecule has 0 unspecified atom stereocenters. The molecular formula is C12H9BrF2N2O2S. The van der Waals surface area contributed by atoms with Crippen molar-refractivity contribution < 1.29 is 17.2 Å². The SMILES string of the molecule is Nc1ccc(Br)c(S(=O)(=O)Nc2cc(F)ccc2F)c1. The average molecular weight is 363 g/mol. The molecule has 0 saturated carbocycles. The fourth-order valence-electron chi connectivity index (χ4n) is 1.50. The number of nitrogen functional groups attached to an aromatic ring is 1. The van der Waals surface area contributed by atoms with Gasteiger partial charge >= 0.3 is 0 Å². The van der Waals surface area contributed by atoms with Crippen LogP contribution in [-0.2, 0) is 10.0 Å². The van der Waals surface area contributed by atoms with Gasteiger partial charge in [-0.3, -0.25) is 4.72 Å². The summed E-state index contributed by atoms with van der Waals surface area (Å²) in [5.74, 6) is -1.63. The van der Waals surface area contributed by atoms with Crippen LogP contribution in [0, 0.1) is 11.6 Å². The molecule has 0 amide bonds. The third-order valence-electron chi connectivity index (χ3n) is 2.42. The molecule has 0 aliphatic heterocycles. The molecule has 2 rings (SSSR count). The number of nitrogens with two attached hydrogens (primary N) is 1. The minimum atomic E-state index is -4.09. The van der Waals surface area contributed by atoms with Crippen molar-refractivity contribution in [2.45, 2.75) is 4.90 Å². The summed E-state index contributed by atoms with van der Waals surface area (Å²) in [4.78, 5) is -0.166. The minimum absolute atomic E-state index is 0.166. The predicted molar refractivity (Wildman–Crippen MR) is 75.7 cm³/mol. The quantitative estimate of drug-likeness (QED) is 0.824. The second-order valence-electron chi connectivity index (χ2n) is 3.92. The number of rotatable bonds is 3. The predicted octanol–water partition coefficient (Wildman–Crippen LogP) is 3.11. The van der Waals surface area contributed by atoms with Gasteiger partial charge in [0.2, 0.25) is 0 Å². The van der Waals surface area contributed by atoms with E-state index in [2.05, 4.69) is 15.9 Å². The lowest BCUT2D eigenvalue weighted by atomic mass is 10.3. The monoisotopic (exact) mass is 362 g/mol. The zero-order chi connectivity index (χ0) is 14.9. The molecule has 0 spiro atoms. The van der Waals surface area contributed by atoms with Crippen LogP contribution in [0.1, 0.15) is 0 Å². The number of hydrogen-bond donors (Lipinski definition) is 2. The lowest BCUT2D eigenvalue weighted by Crippen LogP contribution is -2.15. The maximum atomic E-state index is 13.5. The highest BCUT2D eigenvalue weighted by Gasteiger charge is 2.20. The van der Waals surface area contributed by atoms with E-state index < -0.39 is 27.3 Å². The topological polar surface area (TPSA) is 72.2 Å². The Labute approximate surface area is 122 Å². The van der Waals surface area contributed by atoms with Crippen LogP contribution >= 0.6 is 15.9 Å². The van der Waals surface area contributed by atoms with E-state index >= 15 is 0 Å². The van der Waals surface area contributed by atoms with Crippen molar-refractivity contribution in [1.82, 2.24) is 0 Å². The van der Waals surface area contributed by atoms with Crippen LogP contribution in [0.3, 0.4) is 0 Å². The highest BCUT2D eigenvalue weighted by atomic mass is 79.9. The Hall–Kier alpha value is -1.67. The Morgan fingerprint density at radius 1 is 1.10 bits per heavy atom. The highest BCUT2D eigenvalue weighted by Crippen LogP contribution is 2.27. The molecule has 0 fully saturated rings. The fraction of sp³-hybridized carbons (Fsp3) is 0. The van der Waals surface area contributed by atoms with Gasteiger partial charge in [0, 0.05) is 16.2 Å². The summed E-state index contributed by atoms with van der Waals surface area (Å²) < 4.78 is 53.1. The molecule has 4 nitrogen and oxygen atoms in total. The molecular weight excluding hydrogens is 354 g/mol. The van der Waals surface area contributed by atoms with Gasteiger partial charge < -0.3 is 5.73 Å². The summed E-state index contributed by atoms with van der Waals surface area (Å²) in [7, 11) is -4.09. The molecule has 0 radical (unpaired) electrons. The van der Waals surface area contributed by atoms with E-state index in [1.54, 1.807) is 0 Å². The van der Waals surface area contributed by atoms with Crippen molar-refractivity contribution in [3.05, 3.63) is 52.5 Å². The smallest absolute Gasteiger partial charge is 0.263 e. The summed E-state index contributed by atoms with van der Waals surface area (Å²) in [6.45, 7) is 0. The lowest BCUT2D eigenvalue weighted by molar-refractivity contribution is 0.594. The van der Waals surface area contributed by atoms with Crippen molar-refractivity contribution in [2.75, 3.05) is 10.5 Å². The summed E-state index contributed by atoms with van der Waals surface area (Å²) in [5.41, 5.74) is 5.28. The molecule has 2 aromatic carbocycles. The molecule has 0 atom stereocenters. The van der Waals surface area contributed by atoms with Gasteiger partial charge in [0.25, 0.3) is 10.0 Å². The maximum absolute atomic E-state index is 13.5. The Bertz CT molecular complexity index is 766. The van der Waals surface area contributed by atoms with Gasteiger partial charge in [0.1, 0.15) is 16.5 Å². The molecule has 0 aliphatic rings. The molecule has 3 N–H and O–H groups in total. The number of sulfonamides is 1. The molecule has 0 saturated heterocycles.